The van der Waals surface area contributed by atoms with E-state index in [9.17, 15) is 9.18 Å². The van der Waals surface area contributed by atoms with Gasteiger partial charge in [-0.15, -0.1) is 0 Å². The molecule has 2 aliphatic rings. The first-order valence-electron chi connectivity index (χ1n) is 9.24. The molecule has 1 spiro atoms. The summed E-state index contributed by atoms with van der Waals surface area (Å²) >= 11 is 0. The predicted octanol–water partition coefficient (Wildman–Crippen LogP) is 2.65. The van der Waals surface area contributed by atoms with Crippen LogP contribution in [-0.4, -0.2) is 39.5 Å². The van der Waals surface area contributed by atoms with Crippen LogP contribution in [0.25, 0.3) is 0 Å². The summed E-state index contributed by atoms with van der Waals surface area (Å²) < 4.78 is 16.4. The fraction of sp³-hybridized carbons (Fsp3) is 0.500. The number of benzene rings is 1. The maximum absolute atomic E-state index is 14.5. The number of aryl methyl sites for hydroxylation is 2. The van der Waals surface area contributed by atoms with Crippen LogP contribution < -0.4 is 5.32 Å². The van der Waals surface area contributed by atoms with Crippen molar-refractivity contribution in [2.24, 2.45) is 12.5 Å². The SMILES string of the molecule is Cc1ccc(C(=O)N(Cc2nccn2C)[C@@H]2CC23CCNCC3)c(F)c1. The van der Waals surface area contributed by atoms with Crippen LogP contribution in [0.3, 0.4) is 0 Å². The van der Waals surface area contributed by atoms with E-state index in [1.165, 1.54) is 6.07 Å². The second-order valence-electron chi connectivity index (χ2n) is 7.70. The minimum atomic E-state index is -0.445. The van der Waals surface area contributed by atoms with Crippen molar-refractivity contribution in [2.75, 3.05) is 13.1 Å². The van der Waals surface area contributed by atoms with Crippen LogP contribution in [0.2, 0.25) is 0 Å². The van der Waals surface area contributed by atoms with Gasteiger partial charge in [-0.2, -0.15) is 0 Å². The summed E-state index contributed by atoms with van der Waals surface area (Å²) in [4.78, 5) is 19.5. The number of piperidine rings is 1. The van der Waals surface area contributed by atoms with Crippen molar-refractivity contribution in [3.8, 4) is 0 Å². The van der Waals surface area contributed by atoms with Crippen molar-refractivity contribution in [2.45, 2.75) is 38.8 Å². The number of carbonyl (C=O) groups is 1. The van der Waals surface area contributed by atoms with E-state index in [-0.39, 0.29) is 22.9 Å². The molecular weight excluding hydrogens is 331 g/mol. The molecule has 2 heterocycles. The summed E-state index contributed by atoms with van der Waals surface area (Å²) in [5.74, 6) is 0.146. The first-order valence-corrected chi connectivity index (χ1v) is 9.24. The van der Waals surface area contributed by atoms with Crippen molar-refractivity contribution < 1.29 is 9.18 Å². The van der Waals surface area contributed by atoms with Gasteiger partial charge in [0.05, 0.1) is 12.1 Å². The number of aromatic nitrogens is 2. The molecule has 1 saturated heterocycles. The lowest BCUT2D eigenvalue weighted by Gasteiger charge is -2.29. The summed E-state index contributed by atoms with van der Waals surface area (Å²) in [6, 6.07) is 4.99. The Morgan fingerprint density at radius 2 is 2.19 bits per heavy atom. The zero-order valence-electron chi connectivity index (χ0n) is 15.3. The average molecular weight is 356 g/mol. The second-order valence-corrected chi connectivity index (χ2v) is 7.70. The number of rotatable bonds is 4. The van der Waals surface area contributed by atoms with E-state index in [4.69, 9.17) is 0 Å². The van der Waals surface area contributed by atoms with E-state index in [1.807, 2.05) is 29.6 Å². The Morgan fingerprint density at radius 1 is 1.42 bits per heavy atom. The lowest BCUT2D eigenvalue weighted by molar-refractivity contribution is 0.0680. The highest BCUT2D eigenvalue weighted by atomic mass is 19.1. The molecule has 138 valence electrons. The Morgan fingerprint density at radius 3 is 2.85 bits per heavy atom. The molecule has 4 rings (SSSR count). The number of hydrogen-bond donors (Lipinski definition) is 1. The fourth-order valence-corrected chi connectivity index (χ4v) is 4.20. The molecule has 0 bridgehead atoms. The van der Waals surface area contributed by atoms with E-state index in [0.29, 0.717) is 6.54 Å². The largest absolute Gasteiger partial charge is 0.337 e. The molecule has 0 unspecified atom stereocenters. The van der Waals surface area contributed by atoms with Crippen LogP contribution in [0.5, 0.6) is 0 Å². The Balaban J connectivity index is 1.64. The molecule has 1 N–H and O–H groups in total. The van der Waals surface area contributed by atoms with Crippen molar-refractivity contribution in [1.29, 1.82) is 0 Å². The van der Waals surface area contributed by atoms with Gasteiger partial charge in [0.15, 0.2) is 0 Å². The zero-order chi connectivity index (χ0) is 18.3. The van der Waals surface area contributed by atoms with Crippen molar-refractivity contribution in [1.82, 2.24) is 19.8 Å². The fourth-order valence-electron chi connectivity index (χ4n) is 4.20. The zero-order valence-corrected chi connectivity index (χ0v) is 15.3. The molecule has 2 fully saturated rings. The highest BCUT2D eigenvalue weighted by Crippen LogP contribution is 2.56. The summed E-state index contributed by atoms with van der Waals surface area (Å²) in [5, 5.41) is 3.39. The van der Waals surface area contributed by atoms with Gasteiger partial charge in [0.1, 0.15) is 11.6 Å². The average Bonchev–Trinajstić information content (AvgIpc) is 3.13. The van der Waals surface area contributed by atoms with Crippen LogP contribution in [0.15, 0.2) is 30.6 Å². The number of nitrogens with one attached hydrogen (secondary N) is 1. The highest BCUT2D eigenvalue weighted by Gasteiger charge is 2.58. The van der Waals surface area contributed by atoms with Gasteiger partial charge in [0, 0.05) is 25.5 Å². The van der Waals surface area contributed by atoms with Crippen LogP contribution in [0.1, 0.15) is 41.0 Å². The van der Waals surface area contributed by atoms with E-state index in [0.717, 1.165) is 43.7 Å². The maximum Gasteiger partial charge on any atom is 0.257 e. The summed E-state index contributed by atoms with van der Waals surface area (Å²) in [5.41, 5.74) is 1.16. The number of imidazole rings is 1. The third-order valence-electron chi connectivity index (χ3n) is 5.97. The van der Waals surface area contributed by atoms with E-state index in [1.54, 1.807) is 18.3 Å². The lowest BCUT2D eigenvalue weighted by Crippen LogP contribution is -2.39. The molecule has 26 heavy (non-hydrogen) atoms. The standard InChI is InChI=1S/C20H25FN4O/c1-14-3-4-15(16(21)11-14)19(26)25(13-18-23-9-10-24(18)2)17-12-20(17)5-7-22-8-6-20/h3-4,9-11,17,22H,5-8,12-13H2,1-2H3/t17-/m1/s1. The molecule has 1 amide bonds. The summed E-state index contributed by atoms with van der Waals surface area (Å²) in [7, 11) is 1.92. The van der Waals surface area contributed by atoms with Gasteiger partial charge in [-0.1, -0.05) is 6.07 Å². The number of halogens is 1. The van der Waals surface area contributed by atoms with E-state index in [2.05, 4.69) is 10.3 Å². The Bertz CT molecular complexity index is 825. The Hall–Kier alpha value is -2.21. The molecule has 0 radical (unpaired) electrons. The van der Waals surface area contributed by atoms with E-state index < -0.39 is 5.82 Å². The first-order chi connectivity index (χ1) is 12.5. The normalized spacial score (nSPS) is 21.0. The van der Waals surface area contributed by atoms with Crippen molar-refractivity contribution in [3.05, 3.63) is 53.4 Å². The maximum atomic E-state index is 14.5. The van der Waals surface area contributed by atoms with Gasteiger partial charge in [-0.25, -0.2) is 9.37 Å². The van der Waals surface area contributed by atoms with Gasteiger partial charge < -0.3 is 14.8 Å². The molecule has 1 aliphatic heterocycles. The monoisotopic (exact) mass is 356 g/mol. The topological polar surface area (TPSA) is 50.2 Å². The first kappa shape index (κ1) is 17.2. The van der Waals surface area contributed by atoms with Crippen LogP contribution in [0.4, 0.5) is 4.39 Å². The Kier molecular flexibility index (Phi) is 4.31. The van der Waals surface area contributed by atoms with E-state index >= 15 is 0 Å². The highest BCUT2D eigenvalue weighted by molar-refractivity contribution is 5.95. The number of amides is 1. The molecule has 6 heteroatoms. The van der Waals surface area contributed by atoms with Gasteiger partial charge >= 0.3 is 0 Å². The number of nitrogens with zero attached hydrogens (tertiary/aromatic N) is 3. The number of hydrogen-bond acceptors (Lipinski definition) is 3. The van der Waals surface area contributed by atoms with Gasteiger partial charge in [-0.3, -0.25) is 4.79 Å². The van der Waals surface area contributed by atoms with Crippen molar-refractivity contribution in [3.63, 3.8) is 0 Å². The molecule has 1 saturated carbocycles. The minimum Gasteiger partial charge on any atom is -0.337 e. The quantitative estimate of drug-likeness (QED) is 0.916. The summed E-state index contributed by atoms with van der Waals surface area (Å²) in [6.45, 7) is 4.21. The number of carbonyl (C=O) groups excluding carboxylic acids is 1. The van der Waals surface area contributed by atoms with Gasteiger partial charge in [-0.05, 0) is 62.4 Å². The third kappa shape index (κ3) is 3.03. The van der Waals surface area contributed by atoms with Crippen molar-refractivity contribution >= 4 is 5.91 Å². The predicted molar refractivity (Wildman–Crippen MR) is 97.2 cm³/mol. The Labute approximate surface area is 153 Å². The second kappa shape index (κ2) is 6.50. The molecule has 2 aromatic rings. The van der Waals surface area contributed by atoms with Crippen LogP contribution in [0, 0.1) is 18.2 Å². The smallest absolute Gasteiger partial charge is 0.257 e. The molecule has 5 nitrogen and oxygen atoms in total. The van der Waals surface area contributed by atoms with Gasteiger partial charge in [0.2, 0.25) is 0 Å². The van der Waals surface area contributed by atoms with Gasteiger partial charge in [0.25, 0.3) is 5.91 Å². The molecule has 1 aromatic heterocycles. The third-order valence-corrected chi connectivity index (χ3v) is 5.97. The molecular formula is C20H25FN4O. The molecule has 1 aliphatic carbocycles. The summed E-state index contributed by atoms with van der Waals surface area (Å²) in [6.07, 6.45) is 6.74. The molecule has 1 aromatic carbocycles. The molecule has 1 atom stereocenters. The van der Waals surface area contributed by atoms with Crippen LogP contribution in [-0.2, 0) is 13.6 Å². The van der Waals surface area contributed by atoms with Crippen LogP contribution >= 0.6 is 0 Å². The minimum absolute atomic E-state index is 0.154. The lowest BCUT2D eigenvalue weighted by atomic mass is 9.93.